The van der Waals surface area contributed by atoms with Gasteiger partial charge in [-0.3, -0.25) is 4.79 Å². The Hall–Kier alpha value is -2.82. The zero-order valence-corrected chi connectivity index (χ0v) is 16.2. The van der Waals surface area contributed by atoms with Gasteiger partial charge in [0.1, 0.15) is 11.6 Å². The Balaban J connectivity index is 1.87. The zero-order chi connectivity index (χ0) is 19.2. The SMILES string of the molecule is CCCCCn1c(C(C)NC(=O)c2ccccc2OC)nc2ccccc21. The second-order valence-corrected chi connectivity index (χ2v) is 6.71. The third-order valence-electron chi connectivity index (χ3n) is 4.76. The zero-order valence-electron chi connectivity index (χ0n) is 16.2. The fraction of sp³-hybridized carbons (Fsp3) is 0.364. The average Bonchev–Trinajstić information content (AvgIpc) is 3.07. The van der Waals surface area contributed by atoms with Crippen LogP contribution in [0.5, 0.6) is 5.75 Å². The Kier molecular flexibility index (Phi) is 6.12. The lowest BCUT2D eigenvalue weighted by Crippen LogP contribution is -2.29. The summed E-state index contributed by atoms with van der Waals surface area (Å²) in [5, 5.41) is 3.08. The molecule has 1 atom stereocenters. The van der Waals surface area contributed by atoms with Gasteiger partial charge in [-0.25, -0.2) is 4.98 Å². The number of methoxy groups -OCH3 is 1. The van der Waals surface area contributed by atoms with Crippen LogP contribution in [-0.4, -0.2) is 22.6 Å². The number of rotatable bonds is 8. The molecule has 142 valence electrons. The summed E-state index contributed by atoms with van der Waals surface area (Å²) in [6, 6.07) is 15.2. The normalized spacial score (nSPS) is 12.1. The second kappa shape index (κ2) is 8.71. The van der Waals surface area contributed by atoms with Gasteiger partial charge in [-0.15, -0.1) is 0 Å². The van der Waals surface area contributed by atoms with Crippen molar-refractivity contribution in [2.24, 2.45) is 0 Å². The number of fused-ring (bicyclic) bond motifs is 1. The van der Waals surface area contributed by atoms with Gasteiger partial charge in [0, 0.05) is 6.54 Å². The van der Waals surface area contributed by atoms with Gasteiger partial charge in [0.05, 0.1) is 29.7 Å². The number of carbonyl (C=O) groups excluding carboxylic acids is 1. The van der Waals surface area contributed by atoms with E-state index >= 15 is 0 Å². The lowest BCUT2D eigenvalue weighted by Gasteiger charge is -2.17. The number of benzene rings is 2. The highest BCUT2D eigenvalue weighted by Crippen LogP contribution is 2.23. The first-order valence-electron chi connectivity index (χ1n) is 9.54. The van der Waals surface area contributed by atoms with Gasteiger partial charge in [-0.1, -0.05) is 44.0 Å². The number of ether oxygens (including phenoxy) is 1. The van der Waals surface area contributed by atoms with Crippen molar-refractivity contribution >= 4 is 16.9 Å². The topological polar surface area (TPSA) is 56.2 Å². The van der Waals surface area contributed by atoms with Crippen molar-refractivity contribution in [3.63, 3.8) is 0 Å². The standard InChI is InChI=1S/C22H27N3O2/c1-4-5-10-15-25-19-13-8-7-12-18(19)24-21(25)16(2)23-22(26)17-11-6-9-14-20(17)27-3/h6-9,11-14,16H,4-5,10,15H2,1-3H3,(H,23,26). The van der Waals surface area contributed by atoms with Crippen molar-refractivity contribution in [3.8, 4) is 5.75 Å². The van der Waals surface area contributed by atoms with Crippen molar-refractivity contribution in [2.45, 2.75) is 45.7 Å². The van der Waals surface area contributed by atoms with Crippen LogP contribution in [0.1, 0.15) is 55.3 Å². The van der Waals surface area contributed by atoms with Gasteiger partial charge in [0.25, 0.3) is 5.91 Å². The predicted molar refractivity (Wildman–Crippen MR) is 108 cm³/mol. The maximum atomic E-state index is 12.8. The molecule has 1 aromatic heterocycles. The Labute approximate surface area is 160 Å². The van der Waals surface area contributed by atoms with Gasteiger partial charge in [0.2, 0.25) is 0 Å². The molecule has 0 aliphatic heterocycles. The quantitative estimate of drug-likeness (QED) is 0.587. The van der Waals surface area contributed by atoms with Crippen molar-refractivity contribution in [2.75, 3.05) is 7.11 Å². The predicted octanol–water partition coefficient (Wildman–Crippen LogP) is 4.73. The van der Waals surface area contributed by atoms with Crippen LogP contribution in [0.15, 0.2) is 48.5 Å². The summed E-state index contributed by atoms with van der Waals surface area (Å²) >= 11 is 0. The lowest BCUT2D eigenvalue weighted by molar-refractivity contribution is 0.0934. The third kappa shape index (κ3) is 4.13. The highest BCUT2D eigenvalue weighted by Gasteiger charge is 2.20. The molecule has 0 saturated heterocycles. The van der Waals surface area contributed by atoms with Crippen molar-refractivity contribution in [3.05, 3.63) is 59.9 Å². The van der Waals surface area contributed by atoms with E-state index in [1.54, 1.807) is 19.2 Å². The first-order valence-corrected chi connectivity index (χ1v) is 9.54. The number of nitrogens with one attached hydrogen (secondary N) is 1. The molecule has 0 saturated carbocycles. The maximum Gasteiger partial charge on any atom is 0.255 e. The molecular weight excluding hydrogens is 338 g/mol. The van der Waals surface area contributed by atoms with Crippen molar-refractivity contribution in [1.82, 2.24) is 14.9 Å². The molecule has 5 heteroatoms. The summed E-state index contributed by atoms with van der Waals surface area (Å²) in [6.45, 7) is 5.08. The molecule has 0 spiro atoms. The Morgan fingerprint density at radius 1 is 1.15 bits per heavy atom. The molecule has 3 aromatic rings. The summed E-state index contributed by atoms with van der Waals surface area (Å²) in [6.07, 6.45) is 3.44. The van der Waals surface area contributed by atoms with E-state index in [0.717, 1.165) is 29.8 Å². The van der Waals surface area contributed by atoms with Gasteiger partial charge in [0.15, 0.2) is 0 Å². The van der Waals surface area contributed by atoms with E-state index in [0.29, 0.717) is 11.3 Å². The van der Waals surface area contributed by atoms with Crippen LogP contribution in [0.25, 0.3) is 11.0 Å². The van der Waals surface area contributed by atoms with Crippen molar-refractivity contribution in [1.29, 1.82) is 0 Å². The summed E-state index contributed by atoms with van der Waals surface area (Å²) in [7, 11) is 1.57. The Morgan fingerprint density at radius 3 is 2.67 bits per heavy atom. The number of hydrogen-bond acceptors (Lipinski definition) is 3. The highest BCUT2D eigenvalue weighted by molar-refractivity contribution is 5.97. The van der Waals surface area contributed by atoms with E-state index in [1.807, 2.05) is 37.3 Å². The monoisotopic (exact) mass is 365 g/mol. The van der Waals surface area contributed by atoms with Crippen LogP contribution in [-0.2, 0) is 6.54 Å². The molecule has 1 heterocycles. The lowest BCUT2D eigenvalue weighted by atomic mass is 10.1. The van der Waals surface area contributed by atoms with E-state index in [2.05, 4.69) is 22.9 Å². The fourth-order valence-corrected chi connectivity index (χ4v) is 3.35. The largest absolute Gasteiger partial charge is 0.496 e. The molecule has 0 fully saturated rings. The molecule has 0 aliphatic carbocycles. The van der Waals surface area contributed by atoms with Gasteiger partial charge < -0.3 is 14.6 Å². The van der Waals surface area contributed by atoms with Crippen LogP contribution in [0.4, 0.5) is 0 Å². The van der Waals surface area contributed by atoms with Crippen LogP contribution < -0.4 is 10.1 Å². The number of hydrogen-bond donors (Lipinski definition) is 1. The van der Waals surface area contributed by atoms with E-state index in [-0.39, 0.29) is 11.9 Å². The van der Waals surface area contributed by atoms with Crippen molar-refractivity contribution < 1.29 is 9.53 Å². The number of aryl methyl sites for hydroxylation is 1. The highest BCUT2D eigenvalue weighted by atomic mass is 16.5. The summed E-state index contributed by atoms with van der Waals surface area (Å²) in [5.41, 5.74) is 2.60. The molecule has 27 heavy (non-hydrogen) atoms. The minimum absolute atomic E-state index is 0.160. The van der Waals surface area contributed by atoms with Crippen LogP contribution in [0.3, 0.4) is 0 Å². The number of nitrogens with zero attached hydrogens (tertiary/aromatic N) is 2. The molecule has 5 nitrogen and oxygen atoms in total. The maximum absolute atomic E-state index is 12.8. The summed E-state index contributed by atoms with van der Waals surface area (Å²) in [4.78, 5) is 17.6. The van der Waals surface area contributed by atoms with E-state index < -0.39 is 0 Å². The van der Waals surface area contributed by atoms with Crippen LogP contribution in [0, 0.1) is 0 Å². The van der Waals surface area contributed by atoms with Crippen LogP contribution >= 0.6 is 0 Å². The molecule has 3 rings (SSSR count). The molecule has 1 amide bonds. The third-order valence-corrected chi connectivity index (χ3v) is 4.76. The molecule has 2 aromatic carbocycles. The number of carbonyl (C=O) groups is 1. The number of aromatic nitrogens is 2. The number of imidazole rings is 1. The van der Waals surface area contributed by atoms with E-state index in [9.17, 15) is 4.79 Å². The van der Waals surface area contributed by atoms with Gasteiger partial charge >= 0.3 is 0 Å². The molecule has 0 bridgehead atoms. The molecule has 0 aliphatic rings. The van der Waals surface area contributed by atoms with Gasteiger partial charge in [-0.05, 0) is 37.6 Å². The van der Waals surface area contributed by atoms with Crippen LogP contribution in [0.2, 0.25) is 0 Å². The number of unbranched alkanes of at least 4 members (excludes halogenated alkanes) is 2. The first-order chi connectivity index (χ1) is 13.2. The second-order valence-electron chi connectivity index (χ2n) is 6.71. The number of amides is 1. The minimum Gasteiger partial charge on any atom is -0.496 e. The molecular formula is C22H27N3O2. The Bertz CT molecular complexity index is 917. The fourth-order valence-electron chi connectivity index (χ4n) is 3.35. The Morgan fingerprint density at radius 2 is 1.89 bits per heavy atom. The summed E-state index contributed by atoms with van der Waals surface area (Å²) < 4.78 is 7.54. The van der Waals surface area contributed by atoms with E-state index in [4.69, 9.17) is 9.72 Å². The average molecular weight is 365 g/mol. The van der Waals surface area contributed by atoms with Gasteiger partial charge in [-0.2, -0.15) is 0 Å². The smallest absolute Gasteiger partial charge is 0.255 e. The minimum atomic E-state index is -0.212. The molecule has 1 unspecified atom stereocenters. The van der Waals surface area contributed by atoms with E-state index in [1.165, 1.54) is 12.8 Å². The summed E-state index contributed by atoms with van der Waals surface area (Å²) in [5.74, 6) is 1.29. The molecule has 0 radical (unpaired) electrons. The first kappa shape index (κ1) is 19.0. The number of para-hydroxylation sites is 3. The molecule has 1 N–H and O–H groups in total.